The molecule has 0 spiro atoms. The zero-order valence-corrected chi connectivity index (χ0v) is 13.5. The minimum atomic E-state index is -0.472. The number of benzene rings is 1. The van der Waals surface area contributed by atoms with E-state index in [0.717, 1.165) is 9.86 Å². The van der Waals surface area contributed by atoms with Crippen LogP contribution in [-0.2, 0) is 4.79 Å². The van der Waals surface area contributed by atoms with Crippen LogP contribution in [0.4, 0.5) is 5.69 Å². The van der Waals surface area contributed by atoms with Crippen molar-refractivity contribution in [1.82, 2.24) is 4.98 Å². The summed E-state index contributed by atoms with van der Waals surface area (Å²) in [5, 5.41) is 3.80. The van der Waals surface area contributed by atoms with Gasteiger partial charge in [-0.3, -0.25) is 9.78 Å². The van der Waals surface area contributed by atoms with E-state index in [1.807, 2.05) is 39.0 Å². The van der Waals surface area contributed by atoms with E-state index in [9.17, 15) is 4.79 Å². The van der Waals surface area contributed by atoms with Crippen molar-refractivity contribution in [3.63, 3.8) is 0 Å². The third-order valence-corrected chi connectivity index (χ3v) is 3.57. The SMILES string of the molecule is COc1cc(Br)c(NC(=O)C(C)(C)C)c2ncccc12. The molecule has 0 fully saturated rings. The van der Waals surface area contributed by atoms with Crippen molar-refractivity contribution in [2.24, 2.45) is 5.41 Å². The Kier molecular flexibility index (Phi) is 3.99. The van der Waals surface area contributed by atoms with Crippen molar-refractivity contribution >= 4 is 38.4 Å². The van der Waals surface area contributed by atoms with Crippen molar-refractivity contribution in [1.29, 1.82) is 0 Å². The topological polar surface area (TPSA) is 51.2 Å². The number of halogens is 1. The molecule has 0 atom stereocenters. The van der Waals surface area contributed by atoms with Gasteiger partial charge in [0.25, 0.3) is 0 Å². The summed E-state index contributed by atoms with van der Waals surface area (Å²) in [5.41, 5.74) is 0.901. The molecule has 1 aromatic heterocycles. The lowest BCUT2D eigenvalue weighted by Gasteiger charge is -2.19. The molecule has 0 unspecified atom stereocenters. The normalized spacial score (nSPS) is 11.4. The number of aromatic nitrogens is 1. The molecule has 1 amide bonds. The maximum atomic E-state index is 12.2. The Morgan fingerprint density at radius 2 is 2.10 bits per heavy atom. The van der Waals surface area contributed by atoms with E-state index in [1.165, 1.54) is 0 Å². The fourth-order valence-corrected chi connectivity index (χ4v) is 2.27. The third kappa shape index (κ3) is 2.77. The van der Waals surface area contributed by atoms with Crippen LogP contribution in [0.25, 0.3) is 10.9 Å². The van der Waals surface area contributed by atoms with Crippen molar-refractivity contribution in [2.45, 2.75) is 20.8 Å². The molecule has 0 aliphatic rings. The second-order valence-corrected chi connectivity index (χ2v) is 6.39. The van der Waals surface area contributed by atoms with Gasteiger partial charge in [-0.1, -0.05) is 20.8 Å². The first-order valence-electron chi connectivity index (χ1n) is 6.27. The predicted octanol–water partition coefficient (Wildman–Crippen LogP) is 3.99. The van der Waals surface area contributed by atoms with E-state index >= 15 is 0 Å². The molecule has 2 aromatic rings. The first-order chi connectivity index (χ1) is 9.34. The van der Waals surface area contributed by atoms with Crippen LogP contribution >= 0.6 is 15.9 Å². The van der Waals surface area contributed by atoms with Crippen LogP contribution in [0.3, 0.4) is 0 Å². The molecular formula is C15H17BrN2O2. The van der Waals surface area contributed by atoms with Gasteiger partial charge in [0, 0.05) is 21.5 Å². The van der Waals surface area contributed by atoms with Gasteiger partial charge in [-0.2, -0.15) is 0 Å². The average molecular weight is 337 g/mol. The summed E-state index contributed by atoms with van der Waals surface area (Å²) in [6, 6.07) is 5.59. The minimum absolute atomic E-state index is 0.0599. The smallest absolute Gasteiger partial charge is 0.229 e. The number of carbonyl (C=O) groups is 1. The highest BCUT2D eigenvalue weighted by Gasteiger charge is 2.23. The van der Waals surface area contributed by atoms with Crippen molar-refractivity contribution in [3.05, 3.63) is 28.9 Å². The molecule has 2 rings (SSSR count). The van der Waals surface area contributed by atoms with E-state index in [0.29, 0.717) is 17.0 Å². The lowest BCUT2D eigenvalue weighted by molar-refractivity contribution is -0.123. The number of ether oxygens (including phenoxy) is 1. The number of amides is 1. The van der Waals surface area contributed by atoms with Crippen molar-refractivity contribution in [2.75, 3.05) is 12.4 Å². The van der Waals surface area contributed by atoms with Crippen molar-refractivity contribution in [3.8, 4) is 5.75 Å². The highest BCUT2D eigenvalue weighted by atomic mass is 79.9. The van der Waals surface area contributed by atoms with E-state index in [4.69, 9.17) is 4.74 Å². The molecule has 106 valence electrons. The number of fused-ring (bicyclic) bond motifs is 1. The maximum absolute atomic E-state index is 12.2. The molecule has 0 aliphatic carbocycles. The number of nitrogens with one attached hydrogen (secondary N) is 1. The lowest BCUT2D eigenvalue weighted by Crippen LogP contribution is -2.28. The zero-order valence-electron chi connectivity index (χ0n) is 12.0. The van der Waals surface area contributed by atoms with E-state index in [2.05, 4.69) is 26.2 Å². The minimum Gasteiger partial charge on any atom is -0.496 e. The second kappa shape index (κ2) is 5.40. The predicted molar refractivity (Wildman–Crippen MR) is 84.1 cm³/mol. The van der Waals surface area contributed by atoms with Gasteiger partial charge >= 0.3 is 0 Å². The molecule has 0 aliphatic heterocycles. The first kappa shape index (κ1) is 14.8. The molecule has 0 saturated carbocycles. The Bertz CT molecular complexity index is 663. The van der Waals surface area contributed by atoms with Gasteiger partial charge in [0.05, 0.1) is 18.3 Å². The Morgan fingerprint density at radius 1 is 1.40 bits per heavy atom. The van der Waals surface area contributed by atoms with E-state index in [-0.39, 0.29) is 5.91 Å². The van der Waals surface area contributed by atoms with Gasteiger partial charge in [0.1, 0.15) is 5.75 Å². The summed E-state index contributed by atoms with van der Waals surface area (Å²) < 4.78 is 6.10. The number of rotatable bonds is 2. The fourth-order valence-electron chi connectivity index (χ4n) is 1.77. The Morgan fingerprint density at radius 3 is 2.70 bits per heavy atom. The largest absolute Gasteiger partial charge is 0.496 e. The van der Waals surface area contributed by atoms with Crippen LogP contribution in [0.5, 0.6) is 5.75 Å². The standard InChI is InChI=1S/C15H17BrN2O2/c1-15(2,3)14(19)18-13-10(16)8-11(20-4)9-6-5-7-17-12(9)13/h5-8H,1-4H3,(H,18,19). The molecular weight excluding hydrogens is 320 g/mol. The molecule has 1 N–H and O–H groups in total. The highest BCUT2D eigenvalue weighted by Crippen LogP contribution is 2.37. The van der Waals surface area contributed by atoms with Gasteiger partial charge in [-0.05, 0) is 34.1 Å². The zero-order chi connectivity index (χ0) is 14.9. The number of pyridine rings is 1. The number of methoxy groups -OCH3 is 1. The lowest BCUT2D eigenvalue weighted by atomic mass is 9.95. The summed E-state index contributed by atoms with van der Waals surface area (Å²) in [6.45, 7) is 5.61. The Balaban J connectivity index is 2.59. The van der Waals surface area contributed by atoms with Crippen LogP contribution in [0.1, 0.15) is 20.8 Å². The van der Waals surface area contributed by atoms with Crippen LogP contribution in [-0.4, -0.2) is 18.0 Å². The van der Waals surface area contributed by atoms with Crippen molar-refractivity contribution < 1.29 is 9.53 Å². The van der Waals surface area contributed by atoms with Gasteiger partial charge in [0.2, 0.25) is 5.91 Å². The summed E-state index contributed by atoms with van der Waals surface area (Å²) in [7, 11) is 1.61. The summed E-state index contributed by atoms with van der Waals surface area (Å²) >= 11 is 3.47. The molecule has 5 heteroatoms. The highest BCUT2D eigenvalue weighted by molar-refractivity contribution is 9.10. The number of nitrogens with zero attached hydrogens (tertiary/aromatic N) is 1. The van der Waals surface area contributed by atoms with Gasteiger partial charge < -0.3 is 10.1 Å². The van der Waals surface area contributed by atoms with Crippen LogP contribution in [0.15, 0.2) is 28.9 Å². The van der Waals surface area contributed by atoms with E-state index < -0.39 is 5.41 Å². The Hall–Kier alpha value is -1.62. The Labute approximate surface area is 126 Å². The average Bonchev–Trinajstić information content (AvgIpc) is 2.40. The van der Waals surface area contributed by atoms with Crippen LogP contribution in [0.2, 0.25) is 0 Å². The molecule has 20 heavy (non-hydrogen) atoms. The molecule has 1 aromatic carbocycles. The molecule has 0 radical (unpaired) electrons. The number of hydrogen-bond donors (Lipinski definition) is 1. The van der Waals surface area contributed by atoms with Crippen LogP contribution in [0, 0.1) is 5.41 Å². The molecule has 1 heterocycles. The summed E-state index contributed by atoms with van der Waals surface area (Å²) in [5.74, 6) is 0.657. The first-order valence-corrected chi connectivity index (χ1v) is 7.06. The third-order valence-electron chi connectivity index (χ3n) is 2.95. The van der Waals surface area contributed by atoms with Gasteiger partial charge in [0.15, 0.2) is 0 Å². The quantitative estimate of drug-likeness (QED) is 0.901. The van der Waals surface area contributed by atoms with Crippen LogP contribution < -0.4 is 10.1 Å². The monoisotopic (exact) mass is 336 g/mol. The van der Waals surface area contributed by atoms with Gasteiger partial charge in [-0.25, -0.2) is 0 Å². The number of hydrogen-bond acceptors (Lipinski definition) is 3. The number of carbonyl (C=O) groups excluding carboxylic acids is 1. The maximum Gasteiger partial charge on any atom is 0.229 e. The number of anilines is 1. The molecule has 0 saturated heterocycles. The summed E-state index contributed by atoms with van der Waals surface area (Å²) in [4.78, 5) is 16.6. The molecule has 4 nitrogen and oxygen atoms in total. The second-order valence-electron chi connectivity index (χ2n) is 5.54. The van der Waals surface area contributed by atoms with Gasteiger partial charge in [-0.15, -0.1) is 0 Å². The molecule has 0 bridgehead atoms. The summed E-state index contributed by atoms with van der Waals surface area (Å²) in [6.07, 6.45) is 1.70. The fraction of sp³-hybridized carbons (Fsp3) is 0.333. The van der Waals surface area contributed by atoms with E-state index in [1.54, 1.807) is 13.3 Å².